The molecule has 1 N–H and O–H groups in total. The maximum Gasteiger partial charge on any atom is 0.277 e. The molecule has 0 bridgehead atoms. The van der Waals surface area contributed by atoms with Crippen molar-refractivity contribution in [3.05, 3.63) is 66.4 Å². The van der Waals surface area contributed by atoms with Crippen LogP contribution in [0.1, 0.15) is 5.76 Å². The molecule has 0 aliphatic heterocycles. The van der Waals surface area contributed by atoms with E-state index in [4.69, 9.17) is 13.9 Å². The van der Waals surface area contributed by atoms with Crippen LogP contribution in [0.2, 0.25) is 0 Å². The van der Waals surface area contributed by atoms with Gasteiger partial charge in [0.2, 0.25) is 0 Å². The van der Waals surface area contributed by atoms with Crippen LogP contribution in [0.5, 0.6) is 11.5 Å². The molecule has 146 valence electrons. The maximum absolute atomic E-state index is 11.8. The van der Waals surface area contributed by atoms with Gasteiger partial charge in [0.1, 0.15) is 17.3 Å². The smallest absolute Gasteiger partial charge is 0.277 e. The molecular weight excluding hydrogens is 390 g/mol. The van der Waals surface area contributed by atoms with Crippen molar-refractivity contribution in [1.82, 2.24) is 10.4 Å². The van der Waals surface area contributed by atoms with E-state index in [0.717, 1.165) is 21.0 Å². The molecule has 7 nitrogen and oxygen atoms in total. The first-order valence-electron chi connectivity index (χ1n) is 8.76. The molecule has 0 aliphatic carbocycles. The predicted molar refractivity (Wildman–Crippen MR) is 112 cm³/mol. The number of carbonyl (C=O) groups excluding carboxylic acids is 1. The van der Waals surface area contributed by atoms with Crippen LogP contribution in [0, 0.1) is 0 Å². The van der Waals surface area contributed by atoms with Crippen LogP contribution >= 0.6 is 11.3 Å². The summed E-state index contributed by atoms with van der Waals surface area (Å²) in [5, 5.41) is 4.69. The van der Waals surface area contributed by atoms with Gasteiger partial charge in [-0.3, -0.25) is 4.79 Å². The zero-order valence-electron chi connectivity index (χ0n) is 15.5. The van der Waals surface area contributed by atoms with E-state index < -0.39 is 0 Å². The number of hydrogen-bond donors (Lipinski definition) is 1. The van der Waals surface area contributed by atoms with E-state index >= 15 is 0 Å². The number of carbonyl (C=O) groups is 1. The standard InChI is InChI=1S/C21H17N3O4S/c1-26-14-6-8-15(9-7-14)27-13-20(25)24-22-12-16-10-11-18(28-16)21-23-17-4-2-3-5-19(17)29-21/h2-12H,13H2,1H3,(H,24,25)/b22-12-. The van der Waals surface area contributed by atoms with Crippen LogP contribution in [0.3, 0.4) is 0 Å². The van der Waals surface area contributed by atoms with Gasteiger partial charge in [-0.1, -0.05) is 12.1 Å². The van der Waals surface area contributed by atoms with Crippen LogP contribution in [0.15, 0.2) is 70.2 Å². The van der Waals surface area contributed by atoms with Crippen LogP contribution < -0.4 is 14.9 Å². The second-order valence-corrected chi connectivity index (χ2v) is 6.98. The Balaban J connectivity index is 1.30. The number of hydrogen-bond acceptors (Lipinski definition) is 7. The molecule has 2 heterocycles. The summed E-state index contributed by atoms with van der Waals surface area (Å²) in [7, 11) is 1.59. The van der Waals surface area contributed by atoms with Gasteiger partial charge in [0.05, 0.1) is 23.5 Å². The van der Waals surface area contributed by atoms with E-state index in [1.165, 1.54) is 6.21 Å². The van der Waals surface area contributed by atoms with Gasteiger partial charge < -0.3 is 13.9 Å². The van der Waals surface area contributed by atoms with Crippen molar-refractivity contribution in [3.63, 3.8) is 0 Å². The SMILES string of the molecule is COc1ccc(OCC(=O)N/N=C\c2ccc(-c3nc4ccccc4s3)o2)cc1. The Hall–Kier alpha value is -3.65. The monoisotopic (exact) mass is 407 g/mol. The lowest BCUT2D eigenvalue weighted by molar-refractivity contribution is -0.123. The van der Waals surface area contributed by atoms with Crippen LogP contribution in [-0.2, 0) is 4.79 Å². The van der Waals surface area contributed by atoms with Gasteiger partial charge in [-0.15, -0.1) is 11.3 Å². The lowest BCUT2D eigenvalue weighted by atomic mass is 10.3. The van der Waals surface area contributed by atoms with Crippen molar-refractivity contribution in [2.75, 3.05) is 13.7 Å². The highest BCUT2D eigenvalue weighted by Crippen LogP contribution is 2.30. The summed E-state index contributed by atoms with van der Waals surface area (Å²) in [6.45, 7) is -0.154. The van der Waals surface area contributed by atoms with Crippen molar-refractivity contribution in [2.45, 2.75) is 0 Å². The minimum atomic E-state index is -0.380. The first-order chi connectivity index (χ1) is 14.2. The Labute approximate surface area is 170 Å². The topological polar surface area (TPSA) is 86.0 Å². The number of fused-ring (bicyclic) bond motifs is 1. The maximum atomic E-state index is 11.8. The minimum Gasteiger partial charge on any atom is -0.497 e. The summed E-state index contributed by atoms with van der Waals surface area (Å²) < 4.78 is 17.3. The van der Waals surface area contributed by atoms with E-state index in [1.807, 2.05) is 30.3 Å². The Morgan fingerprint density at radius 3 is 2.72 bits per heavy atom. The molecular formula is C21H17N3O4S. The average Bonchev–Trinajstić information content (AvgIpc) is 3.39. The number of furan rings is 1. The first-order valence-corrected chi connectivity index (χ1v) is 9.57. The number of aromatic nitrogens is 1. The number of rotatable bonds is 7. The summed E-state index contributed by atoms with van der Waals surface area (Å²) in [4.78, 5) is 16.4. The van der Waals surface area contributed by atoms with Gasteiger partial charge in [0, 0.05) is 0 Å². The van der Waals surface area contributed by atoms with Crippen molar-refractivity contribution in [3.8, 4) is 22.3 Å². The molecule has 0 unspecified atom stereocenters. The van der Waals surface area contributed by atoms with Gasteiger partial charge in [-0.05, 0) is 48.5 Å². The molecule has 0 atom stereocenters. The molecule has 29 heavy (non-hydrogen) atoms. The summed E-state index contributed by atoms with van der Waals surface area (Å²) in [5.41, 5.74) is 3.34. The van der Waals surface area contributed by atoms with E-state index in [1.54, 1.807) is 48.8 Å². The molecule has 0 saturated heterocycles. The van der Waals surface area contributed by atoms with Gasteiger partial charge in [0.25, 0.3) is 5.91 Å². The van der Waals surface area contributed by atoms with Crippen molar-refractivity contribution >= 4 is 33.7 Å². The highest BCUT2D eigenvalue weighted by Gasteiger charge is 2.10. The third-order valence-electron chi connectivity index (χ3n) is 3.94. The largest absolute Gasteiger partial charge is 0.497 e. The number of thiazole rings is 1. The van der Waals surface area contributed by atoms with Crippen molar-refractivity contribution in [2.24, 2.45) is 5.10 Å². The summed E-state index contributed by atoms with van der Waals surface area (Å²) in [6, 6.07) is 18.5. The van der Waals surface area contributed by atoms with Crippen LogP contribution in [0.25, 0.3) is 21.0 Å². The first kappa shape index (κ1) is 18.7. The fourth-order valence-electron chi connectivity index (χ4n) is 2.54. The van der Waals surface area contributed by atoms with E-state index in [-0.39, 0.29) is 12.5 Å². The second-order valence-electron chi connectivity index (χ2n) is 5.95. The zero-order valence-corrected chi connectivity index (χ0v) is 16.3. The molecule has 0 saturated carbocycles. The predicted octanol–water partition coefficient (Wildman–Crippen LogP) is 4.09. The number of nitrogens with one attached hydrogen (secondary N) is 1. The lowest BCUT2D eigenvalue weighted by Gasteiger charge is -2.05. The van der Waals surface area contributed by atoms with Gasteiger partial charge in [-0.25, -0.2) is 10.4 Å². The summed E-state index contributed by atoms with van der Waals surface area (Å²) in [5.74, 6) is 2.07. The average molecular weight is 407 g/mol. The minimum absolute atomic E-state index is 0.154. The number of nitrogens with zero attached hydrogens (tertiary/aromatic N) is 2. The van der Waals surface area contributed by atoms with E-state index in [0.29, 0.717) is 17.3 Å². The third kappa shape index (κ3) is 4.61. The second kappa shape index (κ2) is 8.57. The molecule has 0 fully saturated rings. The zero-order chi connectivity index (χ0) is 20.1. The van der Waals surface area contributed by atoms with Gasteiger partial charge in [0.15, 0.2) is 17.4 Å². The quantitative estimate of drug-likeness (QED) is 0.368. The number of methoxy groups -OCH3 is 1. The van der Waals surface area contributed by atoms with E-state index in [2.05, 4.69) is 15.5 Å². The molecule has 2 aromatic carbocycles. The Morgan fingerprint density at radius 2 is 1.93 bits per heavy atom. The van der Waals surface area contributed by atoms with Gasteiger partial charge in [-0.2, -0.15) is 5.10 Å². The summed E-state index contributed by atoms with van der Waals surface area (Å²) >= 11 is 1.56. The highest BCUT2D eigenvalue weighted by molar-refractivity contribution is 7.21. The molecule has 2 aromatic heterocycles. The fraction of sp³-hybridized carbons (Fsp3) is 0.0952. The highest BCUT2D eigenvalue weighted by atomic mass is 32.1. The molecule has 4 rings (SSSR count). The fourth-order valence-corrected chi connectivity index (χ4v) is 3.46. The number of ether oxygens (including phenoxy) is 2. The Morgan fingerprint density at radius 1 is 1.14 bits per heavy atom. The number of para-hydroxylation sites is 1. The molecule has 0 radical (unpaired) electrons. The Bertz CT molecular complexity index is 1120. The molecule has 0 spiro atoms. The van der Waals surface area contributed by atoms with E-state index in [9.17, 15) is 4.79 Å². The van der Waals surface area contributed by atoms with Crippen molar-refractivity contribution < 1.29 is 18.7 Å². The number of amides is 1. The summed E-state index contributed by atoms with van der Waals surface area (Å²) in [6.07, 6.45) is 1.43. The third-order valence-corrected chi connectivity index (χ3v) is 4.99. The number of benzene rings is 2. The van der Waals surface area contributed by atoms with Gasteiger partial charge >= 0.3 is 0 Å². The molecule has 0 aliphatic rings. The van der Waals surface area contributed by atoms with Crippen LogP contribution in [-0.4, -0.2) is 30.8 Å². The Kier molecular flexibility index (Phi) is 5.53. The van der Waals surface area contributed by atoms with Crippen molar-refractivity contribution in [1.29, 1.82) is 0 Å². The molecule has 8 heteroatoms. The lowest BCUT2D eigenvalue weighted by Crippen LogP contribution is -2.24. The normalized spacial score (nSPS) is 11.1. The molecule has 1 amide bonds. The van der Waals surface area contributed by atoms with Crippen LogP contribution in [0.4, 0.5) is 0 Å². The number of hydrazone groups is 1. The molecule has 4 aromatic rings.